The van der Waals surface area contributed by atoms with Crippen LogP contribution in [0.15, 0.2) is 18.2 Å². The zero-order valence-electron chi connectivity index (χ0n) is 19.6. The molecule has 0 radical (unpaired) electrons. The summed E-state index contributed by atoms with van der Waals surface area (Å²) in [6.07, 6.45) is 2.60. The maximum atomic E-state index is 14.0. The van der Waals surface area contributed by atoms with E-state index in [1.807, 2.05) is 13.8 Å². The number of hydrogen-bond donors (Lipinski definition) is 2. The molecule has 7 nitrogen and oxygen atoms in total. The molecular weight excluding hydrogens is 423 g/mol. The molecule has 0 fully saturated rings. The number of halogens is 1. The third-order valence-corrected chi connectivity index (χ3v) is 6.09. The second-order valence-electron chi connectivity index (χ2n) is 8.08. The van der Waals surface area contributed by atoms with Gasteiger partial charge in [0.15, 0.2) is 0 Å². The van der Waals surface area contributed by atoms with Gasteiger partial charge in [0.05, 0.1) is 16.8 Å². The van der Waals surface area contributed by atoms with E-state index in [0.717, 1.165) is 31.5 Å². The molecule has 3 rings (SSSR count). The second kappa shape index (κ2) is 10.6. The van der Waals surface area contributed by atoms with Crippen LogP contribution < -0.4 is 10.2 Å². The molecular formula is C25H31FN4O3. The lowest BCUT2D eigenvalue weighted by Gasteiger charge is -2.18. The first kappa shape index (κ1) is 24.4. The van der Waals surface area contributed by atoms with E-state index in [2.05, 4.69) is 29.0 Å². The Kier molecular flexibility index (Phi) is 7.81. The number of anilines is 1. The number of carbonyl (C=O) groups excluding carboxylic acids is 3. The van der Waals surface area contributed by atoms with E-state index >= 15 is 0 Å². The molecule has 0 saturated carbocycles. The smallest absolute Gasteiger partial charge is 0.259 e. The molecule has 0 unspecified atom stereocenters. The van der Waals surface area contributed by atoms with E-state index in [-0.39, 0.29) is 24.8 Å². The number of aryl methyl sites for hydroxylation is 1. The van der Waals surface area contributed by atoms with Crippen molar-refractivity contribution in [3.05, 3.63) is 52.1 Å². The Labute approximate surface area is 193 Å². The minimum Gasteiger partial charge on any atom is -0.358 e. The highest BCUT2D eigenvalue weighted by Crippen LogP contribution is 2.38. The number of fused-ring (bicyclic) bond motifs is 1. The average molecular weight is 455 g/mol. The molecule has 1 aliphatic rings. The van der Waals surface area contributed by atoms with Crippen molar-refractivity contribution in [2.45, 2.75) is 34.1 Å². The lowest BCUT2D eigenvalue weighted by molar-refractivity contribution is -0.113. The van der Waals surface area contributed by atoms with Gasteiger partial charge in [0, 0.05) is 43.0 Å². The summed E-state index contributed by atoms with van der Waals surface area (Å²) < 4.78 is 14.0. The topological polar surface area (TPSA) is 85.5 Å². The number of likely N-dealkylation sites (N-methyl/N-ethyl adjacent to an activating group) is 1. The van der Waals surface area contributed by atoms with Crippen LogP contribution in [0.4, 0.5) is 10.1 Å². The van der Waals surface area contributed by atoms with Crippen molar-refractivity contribution in [1.29, 1.82) is 0 Å². The van der Waals surface area contributed by atoms with Gasteiger partial charge in [0.25, 0.3) is 11.8 Å². The number of aromatic amines is 1. The van der Waals surface area contributed by atoms with E-state index in [1.54, 1.807) is 12.1 Å². The first-order valence-corrected chi connectivity index (χ1v) is 11.3. The van der Waals surface area contributed by atoms with Crippen molar-refractivity contribution in [1.82, 2.24) is 15.2 Å². The molecule has 0 atom stereocenters. The number of amides is 2. The van der Waals surface area contributed by atoms with Gasteiger partial charge in [-0.3, -0.25) is 9.59 Å². The molecule has 176 valence electrons. The van der Waals surface area contributed by atoms with Gasteiger partial charge in [-0.15, -0.1) is 0 Å². The fourth-order valence-corrected chi connectivity index (χ4v) is 4.23. The van der Waals surface area contributed by atoms with Gasteiger partial charge in [0.2, 0.25) is 0 Å². The number of rotatable bonds is 10. The Balaban J connectivity index is 1.89. The Bertz CT molecular complexity index is 1090. The summed E-state index contributed by atoms with van der Waals surface area (Å²) in [4.78, 5) is 43.7. The molecule has 2 aromatic rings. The van der Waals surface area contributed by atoms with Crippen LogP contribution >= 0.6 is 0 Å². The second-order valence-corrected chi connectivity index (χ2v) is 8.08. The predicted octanol–water partition coefficient (Wildman–Crippen LogP) is 3.32. The number of hydrogen-bond acceptors (Lipinski definition) is 4. The SMILES string of the molecule is CCN(CC)CCNC(=O)c1c(C)[nH]c(/C=C2\C(=O)N(CCC=O)c3ccc(F)cc32)c1C. The highest BCUT2D eigenvalue weighted by molar-refractivity contribution is 6.35. The average Bonchev–Trinajstić information content (AvgIpc) is 3.22. The fraction of sp³-hybridized carbons (Fsp3) is 0.400. The van der Waals surface area contributed by atoms with Crippen LogP contribution in [0.1, 0.15) is 53.1 Å². The summed E-state index contributed by atoms with van der Waals surface area (Å²) >= 11 is 0. The summed E-state index contributed by atoms with van der Waals surface area (Å²) in [5.74, 6) is -0.915. The van der Waals surface area contributed by atoms with Crippen molar-refractivity contribution < 1.29 is 18.8 Å². The number of nitrogens with one attached hydrogen (secondary N) is 2. The van der Waals surface area contributed by atoms with Crippen LogP contribution in [0.2, 0.25) is 0 Å². The van der Waals surface area contributed by atoms with Crippen LogP contribution in [-0.4, -0.2) is 60.7 Å². The predicted molar refractivity (Wildman–Crippen MR) is 128 cm³/mol. The van der Waals surface area contributed by atoms with Gasteiger partial charge in [-0.25, -0.2) is 4.39 Å². The molecule has 0 spiro atoms. The van der Waals surface area contributed by atoms with Gasteiger partial charge in [-0.05, 0) is 56.8 Å². The van der Waals surface area contributed by atoms with Crippen molar-refractivity contribution in [3.63, 3.8) is 0 Å². The molecule has 8 heteroatoms. The molecule has 2 heterocycles. The lowest BCUT2D eigenvalue weighted by Crippen LogP contribution is -2.35. The normalized spacial score (nSPS) is 14.3. The van der Waals surface area contributed by atoms with Crippen LogP contribution in [0.25, 0.3) is 11.6 Å². The standard InChI is InChI=1S/C25H31FN4O3/c1-5-29(6-2)12-10-27-24(32)23-16(3)21(28-17(23)4)15-20-19-14-18(26)8-9-22(19)30(25(20)33)11-7-13-31/h8-9,13-15,28H,5-7,10-12H2,1-4H3,(H,27,32)/b20-15-. The number of benzene rings is 1. The van der Waals surface area contributed by atoms with Gasteiger partial charge >= 0.3 is 0 Å². The Morgan fingerprint density at radius 2 is 1.97 bits per heavy atom. The summed E-state index contributed by atoms with van der Waals surface area (Å²) in [6.45, 7) is 11.2. The molecule has 0 saturated heterocycles. The molecule has 33 heavy (non-hydrogen) atoms. The van der Waals surface area contributed by atoms with Crippen LogP contribution in [0, 0.1) is 19.7 Å². The third kappa shape index (κ3) is 5.06. The summed E-state index contributed by atoms with van der Waals surface area (Å²) in [6, 6.07) is 4.18. The van der Waals surface area contributed by atoms with E-state index in [9.17, 15) is 18.8 Å². The molecule has 1 aromatic heterocycles. The zero-order valence-corrected chi connectivity index (χ0v) is 19.6. The number of aldehydes is 1. The maximum absolute atomic E-state index is 14.0. The monoisotopic (exact) mass is 454 g/mol. The van der Waals surface area contributed by atoms with Crippen LogP contribution in [0.3, 0.4) is 0 Å². The maximum Gasteiger partial charge on any atom is 0.259 e. The number of aromatic nitrogens is 1. The van der Waals surface area contributed by atoms with Crippen molar-refractivity contribution in [2.75, 3.05) is 37.6 Å². The quantitative estimate of drug-likeness (QED) is 0.426. The zero-order chi connectivity index (χ0) is 24.1. The molecule has 0 aliphatic carbocycles. The largest absolute Gasteiger partial charge is 0.358 e. The lowest BCUT2D eigenvalue weighted by atomic mass is 10.0. The third-order valence-electron chi connectivity index (χ3n) is 6.09. The molecule has 2 N–H and O–H groups in total. The van der Waals surface area contributed by atoms with E-state index in [1.165, 1.54) is 17.0 Å². The van der Waals surface area contributed by atoms with Gasteiger partial charge in [-0.1, -0.05) is 13.8 Å². The van der Waals surface area contributed by atoms with Crippen molar-refractivity contribution in [2.24, 2.45) is 0 Å². The summed E-state index contributed by atoms with van der Waals surface area (Å²) in [5, 5.41) is 2.97. The first-order valence-electron chi connectivity index (χ1n) is 11.3. The van der Waals surface area contributed by atoms with Crippen LogP contribution in [-0.2, 0) is 9.59 Å². The minimum absolute atomic E-state index is 0.171. The van der Waals surface area contributed by atoms with Gasteiger partial charge in [-0.2, -0.15) is 0 Å². The molecule has 0 bridgehead atoms. The summed E-state index contributed by atoms with van der Waals surface area (Å²) in [5.41, 5.74) is 3.96. The molecule has 2 amide bonds. The van der Waals surface area contributed by atoms with E-state index in [4.69, 9.17) is 0 Å². The van der Waals surface area contributed by atoms with E-state index < -0.39 is 5.82 Å². The first-order chi connectivity index (χ1) is 15.8. The van der Waals surface area contributed by atoms with Gasteiger partial charge in [0.1, 0.15) is 12.1 Å². The highest BCUT2D eigenvalue weighted by Gasteiger charge is 2.33. The van der Waals surface area contributed by atoms with E-state index in [0.29, 0.717) is 40.3 Å². The number of carbonyl (C=O) groups is 3. The fourth-order valence-electron chi connectivity index (χ4n) is 4.23. The molecule has 1 aliphatic heterocycles. The minimum atomic E-state index is -0.447. The Morgan fingerprint density at radius 3 is 2.64 bits per heavy atom. The summed E-state index contributed by atoms with van der Waals surface area (Å²) in [7, 11) is 0. The Morgan fingerprint density at radius 1 is 1.24 bits per heavy atom. The van der Waals surface area contributed by atoms with Crippen molar-refractivity contribution >= 4 is 35.4 Å². The van der Waals surface area contributed by atoms with Crippen LogP contribution in [0.5, 0.6) is 0 Å². The van der Waals surface area contributed by atoms with Crippen molar-refractivity contribution in [3.8, 4) is 0 Å². The highest BCUT2D eigenvalue weighted by atomic mass is 19.1. The molecule has 1 aromatic carbocycles. The number of H-pyrrole nitrogens is 1. The number of nitrogens with zero attached hydrogens (tertiary/aromatic N) is 2. The van der Waals surface area contributed by atoms with Gasteiger partial charge < -0.3 is 24.9 Å². The Hall–Kier alpha value is -3.26.